The van der Waals surface area contributed by atoms with E-state index < -0.39 is 11.9 Å². The molecule has 0 aliphatic carbocycles. The van der Waals surface area contributed by atoms with Gasteiger partial charge in [-0.2, -0.15) is 0 Å². The van der Waals surface area contributed by atoms with E-state index in [0.29, 0.717) is 41.9 Å². The van der Waals surface area contributed by atoms with Crippen LogP contribution < -0.4 is 9.47 Å². The highest BCUT2D eigenvalue weighted by Gasteiger charge is 2.14. The Bertz CT molecular complexity index is 1550. The van der Waals surface area contributed by atoms with Crippen LogP contribution in [-0.4, -0.2) is 39.9 Å². The molecule has 0 radical (unpaired) electrons. The summed E-state index contributed by atoms with van der Waals surface area (Å²) in [6.45, 7) is 2.79. The first kappa shape index (κ1) is 31.0. The van der Waals surface area contributed by atoms with E-state index in [0.717, 1.165) is 51.7 Å². The van der Waals surface area contributed by atoms with Gasteiger partial charge >= 0.3 is 11.9 Å². The molecule has 3 aromatic carbocycles. The van der Waals surface area contributed by atoms with Crippen LogP contribution in [0.25, 0.3) is 23.1 Å². The Kier molecular flexibility index (Phi) is 10.9. The van der Waals surface area contributed by atoms with Crippen molar-refractivity contribution < 1.29 is 29.3 Å². The summed E-state index contributed by atoms with van der Waals surface area (Å²) in [5, 5.41) is 20.4. The summed E-state index contributed by atoms with van der Waals surface area (Å²) in [6, 6.07) is 17.2. The van der Waals surface area contributed by atoms with Crippen molar-refractivity contribution in [2.75, 3.05) is 13.2 Å². The third kappa shape index (κ3) is 8.54. The van der Waals surface area contributed by atoms with Crippen molar-refractivity contribution in [3.63, 3.8) is 0 Å². The minimum Gasteiger partial charge on any atom is -0.494 e. The van der Waals surface area contributed by atoms with Gasteiger partial charge in [0.25, 0.3) is 0 Å². The number of nitrogens with zero attached hydrogens (tertiary/aromatic N) is 1. The smallest absolute Gasteiger partial charge is 0.323 e. The van der Waals surface area contributed by atoms with E-state index in [1.54, 1.807) is 4.57 Å². The van der Waals surface area contributed by atoms with E-state index in [4.69, 9.17) is 37.8 Å². The van der Waals surface area contributed by atoms with Crippen LogP contribution in [-0.2, 0) is 22.6 Å². The molecule has 0 aliphatic rings. The first-order valence-corrected chi connectivity index (χ1v) is 14.5. The molecule has 220 valence electrons. The first-order valence-electron chi connectivity index (χ1n) is 13.7. The number of benzene rings is 3. The molecule has 0 saturated carbocycles. The highest BCUT2D eigenvalue weighted by atomic mass is 35.5. The van der Waals surface area contributed by atoms with E-state index in [2.05, 4.69) is 0 Å². The molecule has 7 nitrogen and oxygen atoms in total. The van der Waals surface area contributed by atoms with E-state index in [1.807, 2.05) is 79.9 Å². The van der Waals surface area contributed by atoms with Crippen molar-refractivity contribution in [2.24, 2.45) is 0 Å². The van der Waals surface area contributed by atoms with Gasteiger partial charge < -0.3 is 24.3 Å². The largest absolute Gasteiger partial charge is 0.494 e. The molecule has 0 amide bonds. The van der Waals surface area contributed by atoms with Gasteiger partial charge in [0.1, 0.15) is 12.3 Å². The summed E-state index contributed by atoms with van der Waals surface area (Å²) in [7, 11) is 0. The Morgan fingerprint density at radius 3 is 2.24 bits per heavy atom. The minimum absolute atomic E-state index is 0.0674. The molecule has 0 fully saturated rings. The molecule has 0 atom stereocenters. The van der Waals surface area contributed by atoms with Gasteiger partial charge in [-0.3, -0.25) is 9.59 Å². The lowest BCUT2D eigenvalue weighted by molar-refractivity contribution is -0.138. The van der Waals surface area contributed by atoms with E-state index in [9.17, 15) is 14.7 Å². The number of rotatable bonds is 15. The molecule has 4 rings (SSSR count). The zero-order chi connectivity index (χ0) is 30.1. The van der Waals surface area contributed by atoms with Crippen LogP contribution in [0.5, 0.6) is 11.5 Å². The maximum absolute atomic E-state index is 11.5. The highest BCUT2D eigenvalue weighted by molar-refractivity contribution is 6.37. The molecule has 1 heterocycles. The number of aromatic nitrogens is 1. The van der Waals surface area contributed by atoms with Gasteiger partial charge in [0.05, 0.1) is 28.8 Å². The van der Waals surface area contributed by atoms with Gasteiger partial charge in [0.15, 0.2) is 5.75 Å². The van der Waals surface area contributed by atoms with Gasteiger partial charge in [-0.05, 0) is 79.1 Å². The molecule has 0 unspecified atom stereocenters. The molecule has 1 aromatic heterocycles. The number of halogens is 2. The van der Waals surface area contributed by atoms with Crippen LogP contribution in [0.2, 0.25) is 10.0 Å². The van der Waals surface area contributed by atoms with Gasteiger partial charge in [0, 0.05) is 18.0 Å². The molecule has 9 heteroatoms. The number of fused-ring (bicyclic) bond motifs is 1. The number of carbonyl (C=O) groups is 2. The summed E-state index contributed by atoms with van der Waals surface area (Å²) >= 11 is 12.4. The minimum atomic E-state index is -0.939. The quantitative estimate of drug-likeness (QED) is 0.104. The first-order chi connectivity index (χ1) is 20.2. The zero-order valence-electron chi connectivity index (χ0n) is 23.3. The van der Waals surface area contributed by atoms with Gasteiger partial charge in [-0.15, -0.1) is 0 Å². The standard InChI is InChI=1S/C33H33Cl2NO6/c1-22-18-28(34)33(29(35)19-22)42-17-3-2-16-41-26-14-11-23(12-15-26)10-13-24-6-4-8-27-25(7-5-9-30(37)38)20-36(32(24)27)21-31(39)40/h4,6,8,10-15,18-20H,2-3,5,7,9,16-17,21H2,1H3,(H,37,38)(H,39,40)/b13-10+. The number of hydrogen-bond acceptors (Lipinski definition) is 4. The van der Waals surface area contributed by atoms with Crippen molar-refractivity contribution in [1.82, 2.24) is 4.57 Å². The molecule has 4 aromatic rings. The second kappa shape index (κ2) is 14.8. The second-order valence-corrected chi connectivity index (χ2v) is 10.8. The van der Waals surface area contributed by atoms with E-state index >= 15 is 0 Å². The predicted octanol–water partition coefficient (Wildman–Crippen LogP) is 8.16. The maximum atomic E-state index is 11.5. The number of aryl methyl sites for hydroxylation is 2. The third-order valence-electron chi connectivity index (χ3n) is 6.69. The van der Waals surface area contributed by atoms with Crippen molar-refractivity contribution >= 4 is 58.2 Å². The van der Waals surface area contributed by atoms with Crippen LogP contribution in [0.1, 0.15) is 47.9 Å². The van der Waals surface area contributed by atoms with E-state index in [1.165, 1.54) is 0 Å². The number of para-hydroxylation sites is 1. The molecule has 0 spiro atoms. The van der Waals surface area contributed by atoms with E-state index in [-0.39, 0.29) is 13.0 Å². The lowest BCUT2D eigenvalue weighted by Crippen LogP contribution is -2.07. The average Bonchev–Trinajstić information content (AvgIpc) is 3.28. The summed E-state index contributed by atoms with van der Waals surface area (Å²) in [5.41, 5.74) is 4.60. The fraction of sp³-hybridized carbons (Fsp3) is 0.273. The number of carboxylic acid groups (broad SMARTS) is 2. The van der Waals surface area contributed by atoms with Crippen molar-refractivity contribution in [3.05, 3.63) is 93.1 Å². The molecule has 0 saturated heterocycles. The highest BCUT2D eigenvalue weighted by Crippen LogP contribution is 2.34. The Labute approximate surface area is 254 Å². The molecular weight excluding hydrogens is 577 g/mol. The summed E-state index contributed by atoms with van der Waals surface area (Å²) in [5.74, 6) is -0.507. The predicted molar refractivity (Wildman–Crippen MR) is 167 cm³/mol. The number of unbranched alkanes of at least 4 members (excludes halogenated alkanes) is 1. The van der Waals surface area contributed by atoms with Gasteiger partial charge in [-0.1, -0.05) is 65.7 Å². The monoisotopic (exact) mass is 609 g/mol. The lowest BCUT2D eigenvalue weighted by atomic mass is 10.0. The maximum Gasteiger partial charge on any atom is 0.323 e. The molecular formula is C33H33Cl2NO6. The number of carboxylic acids is 2. The summed E-state index contributed by atoms with van der Waals surface area (Å²) in [4.78, 5) is 22.5. The van der Waals surface area contributed by atoms with Crippen LogP contribution in [0, 0.1) is 6.92 Å². The third-order valence-corrected chi connectivity index (χ3v) is 7.25. The average molecular weight is 611 g/mol. The van der Waals surface area contributed by atoms with Crippen molar-refractivity contribution in [3.8, 4) is 11.5 Å². The lowest BCUT2D eigenvalue weighted by Gasteiger charge is -2.11. The Hall–Kier alpha value is -3.94. The topological polar surface area (TPSA) is 98.0 Å². The van der Waals surface area contributed by atoms with Crippen LogP contribution >= 0.6 is 23.2 Å². The zero-order valence-corrected chi connectivity index (χ0v) is 24.8. The SMILES string of the molecule is Cc1cc(Cl)c(OCCCCOc2ccc(/C=C/c3cccc4c(CCCC(=O)O)cn(CC(=O)O)c34)cc2)c(Cl)c1. The van der Waals surface area contributed by atoms with Gasteiger partial charge in [-0.25, -0.2) is 0 Å². The summed E-state index contributed by atoms with van der Waals surface area (Å²) in [6.07, 6.45) is 8.47. The molecule has 2 N–H and O–H groups in total. The van der Waals surface area contributed by atoms with Crippen LogP contribution in [0.15, 0.2) is 60.8 Å². The Balaban J connectivity index is 1.33. The fourth-order valence-electron chi connectivity index (χ4n) is 4.75. The number of ether oxygens (including phenoxy) is 2. The van der Waals surface area contributed by atoms with Gasteiger partial charge in [0.2, 0.25) is 0 Å². The Morgan fingerprint density at radius 1 is 0.881 bits per heavy atom. The molecule has 0 aliphatic heterocycles. The molecule has 42 heavy (non-hydrogen) atoms. The van der Waals surface area contributed by atoms with Crippen molar-refractivity contribution in [2.45, 2.75) is 45.6 Å². The molecule has 0 bridgehead atoms. The van der Waals surface area contributed by atoms with Crippen LogP contribution in [0.3, 0.4) is 0 Å². The number of hydrogen-bond donors (Lipinski definition) is 2. The van der Waals surface area contributed by atoms with Crippen LogP contribution in [0.4, 0.5) is 0 Å². The summed E-state index contributed by atoms with van der Waals surface area (Å²) < 4.78 is 13.3. The van der Waals surface area contributed by atoms with Crippen molar-refractivity contribution in [1.29, 1.82) is 0 Å². The number of aliphatic carboxylic acids is 2. The fourth-order valence-corrected chi connectivity index (χ4v) is 5.46. The normalized spacial score (nSPS) is 11.3. The Morgan fingerprint density at radius 2 is 1.57 bits per heavy atom. The second-order valence-electron chi connectivity index (χ2n) is 10.0.